The van der Waals surface area contributed by atoms with E-state index in [9.17, 15) is 0 Å². The first-order chi connectivity index (χ1) is 8.65. The van der Waals surface area contributed by atoms with E-state index in [0.29, 0.717) is 18.5 Å². The Bertz CT molecular complexity index is 412. The number of amidine groups is 1. The van der Waals surface area contributed by atoms with Gasteiger partial charge in [-0.1, -0.05) is 31.7 Å². The fourth-order valence-electron chi connectivity index (χ4n) is 1.90. The Labute approximate surface area is 113 Å². The van der Waals surface area contributed by atoms with Crippen LogP contribution in [0.4, 0.5) is 0 Å². The number of rotatable bonds is 3. The van der Waals surface area contributed by atoms with Gasteiger partial charge in [-0.05, 0) is 30.9 Å². The van der Waals surface area contributed by atoms with Crippen LogP contribution in [0.15, 0.2) is 23.3 Å². The average Bonchev–Trinajstić information content (AvgIpc) is 2.38. The predicted octanol–water partition coefficient (Wildman–Crippen LogP) is 3.00. The number of nitrogens with one attached hydrogen (secondary N) is 1. The van der Waals surface area contributed by atoms with Crippen LogP contribution < -0.4 is 5.32 Å². The minimum atomic E-state index is 0.571. The second kappa shape index (κ2) is 6.23. The highest BCUT2D eigenvalue weighted by Gasteiger charge is 2.19. The number of aryl methyl sites for hydroxylation is 1. The van der Waals surface area contributed by atoms with Crippen LogP contribution >= 0.6 is 11.8 Å². The number of hydrogen-bond acceptors (Lipinski definition) is 3. The van der Waals surface area contributed by atoms with E-state index < -0.39 is 0 Å². The lowest BCUT2D eigenvalue weighted by molar-refractivity contribution is 0.442. The van der Waals surface area contributed by atoms with Gasteiger partial charge < -0.3 is 5.32 Å². The van der Waals surface area contributed by atoms with Crippen LogP contribution in [-0.4, -0.2) is 21.9 Å². The van der Waals surface area contributed by atoms with Crippen molar-refractivity contribution < 1.29 is 0 Å². The molecule has 0 spiro atoms. The molecule has 18 heavy (non-hydrogen) atoms. The number of nitrogens with zero attached hydrogens (tertiary/aromatic N) is 2. The first kappa shape index (κ1) is 13.4. The number of hydrogen-bond donors (Lipinski definition) is 1. The number of aliphatic imine (C=N–C) groups is 1. The molecule has 1 atom stereocenters. The maximum atomic E-state index is 4.64. The summed E-state index contributed by atoms with van der Waals surface area (Å²) in [5.74, 6) is 1.83. The molecule has 1 fully saturated rings. The largest absolute Gasteiger partial charge is 0.362 e. The van der Waals surface area contributed by atoms with Gasteiger partial charge in [0.2, 0.25) is 0 Å². The summed E-state index contributed by atoms with van der Waals surface area (Å²) in [6, 6.07) is 4.70. The molecular weight excluding hydrogens is 242 g/mol. The van der Waals surface area contributed by atoms with Crippen LogP contribution in [-0.2, 0) is 6.54 Å². The first-order valence-corrected chi connectivity index (χ1v) is 7.49. The fraction of sp³-hybridized carbons (Fsp3) is 0.571. The molecule has 1 unspecified atom stereocenters. The average molecular weight is 263 g/mol. The van der Waals surface area contributed by atoms with Gasteiger partial charge in [-0.2, -0.15) is 0 Å². The minimum absolute atomic E-state index is 0.571. The highest BCUT2D eigenvalue weighted by Crippen LogP contribution is 2.19. The SMILES string of the molecule is Cc1ccc(CN=C2NC(C(C)C)CCS2)cn1. The molecule has 1 aliphatic heterocycles. The Morgan fingerprint density at radius 2 is 2.33 bits per heavy atom. The quantitative estimate of drug-likeness (QED) is 0.911. The smallest absolute Gasteiger partial charge is 0.157 e. The maximum Gasteiger partial charge on any atom is 0.157 e. The van der Waals surface area contributed by atoms with Crippen molar-refractivity contribution >= 4 is 16.9 Å². The normalized spacial score (nSPS) is 22.2. The highest BCUT2D eigenvalue weighted by atomic mass is 32.2. The third-order valence-electron chi connectivity index (χ3n) is 3.16. The van der Waals surface area contributed by atoms with Gasteiger partial charge in [-0.25, -0.2) is 0 Å². The first-order valence-electron chi connectivity index (χ1n) is 6.50. The summed E-state index contributed by atoms with van der Waals surface area (Å²) in [6.07, 6.45) is 3.14. The zero-order valence-corrected chi connectivity index (χ0v) is 12.1. The second-order valence-electron chi connectivity index (χ2n) is 5.06. The van der Waals surface area contributed by atoms with Gasteiger partial charge in [-0.3, -0.25) is 9.98 Å². The fourth-order valence-corrected chi connectivity index (χ4v) is 2.86. The molecule has 2 rings (SSSR count). The van der Waals surface area contributed by atoms with Crippen molar-refractivity contribution in [2.24, 2.45) is 10.9 Å². The van der Waals surface area contributed by atoms with Gasteiger partial charge in [0.05, 0.1) is 6.54 Å². The van der Waals surface area contributed by atoms with E-state index in [1.54, 1.807) is 0 Å². The number of pyridine rings is 1. The van der Waals surface area contributed by atoms with Crippen molar-refractivity contribution in [1.82, 2.24) is 10.3 Å². The molecule has 1 aromatic heterocycles. The summed E-state index contributed by atoms with van der Waals surface area (Å²) >= 11 is 1.83. The maximum absolute atomic E-state index is 4.64. The van der Waals surface area contributed by atoms with Gasteiger partial charge in [-0.15, -0.1) is 0 Å². The molecule has 1 N–H and O–H groups in total. The molecule has 0 bridgehead atoms. The predicted molar refractivity (Wildman–Crippen MR) is 78.9 cm³/mol. The molecule has 0 radical (unpaired) electrons. The van der Waals surface area contributed by atoms with E-state index in [0.717, 1.165) is 10.9 Å². The van der Waals surface area contributed by atoms with E-state index in [1.165, 1.54) is 17.7 Å². The lowest BCUT2D eigenvalue weighted by Crippen LogP contribution is -2.41. The summed E-state index contributed by atoms with van der Waals surface area (Å²) < 4.78 is 0. The zero-order valence-electron chi connectivity index (χ0n) is 11.3. The number of aromatic nitrogens is 1. The standard InChI is InChI=1S/C14H21N3S/c1-10(2)13-6-7-18-14(17-13)16-9-12-5-4-11(3)15-8-12/h4-5,8,10,13H,6-7,9H2,1-3H3,(H,16,17). The molecule has 0 amide bonds. The molecule has 3 nitrogen and oxygen atoms in total. The van der Waals surface area contributed by atoms with Gasteiger partial charge in [0.15, 0.2) is 5.17 Å². The van der Waals surface area contributed by atoms with Crippen molar-refractivity contribution in [1.29, 1.82) is 0 Å². The lowest BCUT2D eigenvalue weighted by Gasteiger charge is -2.28. The third-order valence-corrected chi connectivity index (χ3v) is 4.12. The third kappa shape index (κ3) is 3.73. The van der Waals surface area contributed by atoms with Crippen molar-refractivity contribution in [2.75, 3.05) is 5.75 Å². The van der Waals surface area contributed by atoms with Crippen LogP contribution in [0.5, 0.6) is 0 Å². The van der Waals surface area contributed by atoms with Crippen LogP contribution in [0, 0.1) is 12.8 Å². The van der Waals surface area contributed by atoms with E-state index >= 15 is 0 Å². The van der Waals surface area contributed by atoms with Crippen LogP contribution in [0.2, 0.25) is 0 Å². The van der Waals surface area contributed by atoms with Crippen molar-refractivity contribution in [2.45, 2.75) is 39.8 Å². The van der Waals surface area contributed by atoms with Crippen LogP contribution in [0.3, 0.4) is 0 Å². The molecule has 1 saturated heterocycles. The molecule has 98 valence electrons. The highest BCUT2D eigenvalue weighted by molar-refractivity contribution is 8.13. The van der Waals surface area contributed by atoms with Gasteiger partial charge >= 0.3 is 0 Å². The molecule has 0 aliphatic carbocycles. The molecule has 2 heterocycles. The minimum Gasteiger partial charge on any atom is -0.362 e. The van der Waals surface area contributed by atoms with Gasteiger partial charge in [0, 0.05) is 23.7 Å². The Kier molecular flexibility index (Phi) is 4.64. The molecule has 4 heteroatoms. The summed E-state index contributed by atoms with van der Waals surface area (Å²) in [5.41, 5.74) is 2.22. The van der Waals surface area contributed by atoms with E-state index in [1.807, 2.05) is 30.9 Å². The molecule has 1 aliphatic rings. The van der Waals surface area contributed by atoms with Crippen molar-refractivity contribution in [3.63, 3.8) is 0 Å². The Balaban J connectivity index is 1.94. The topological polar surface area (TPSA) is 37.3 Å². The Morgan fingerprint density at radius 1 is 1.50 bits per heavy atom. The molecule has 1 aromatic rings. The Morgan fingerprint density at radius 3 is 3.00 bits per heavy atom. The Hall–Kier alpha value is -1.03. The van der Waals surface area contributed by atoms with E-state index in [2.05, 4.69) is 35.2 Å². The summed E-state index contributed by atoms with van der Waals surface area (Å²) in [5, 5.41) is 4.61. The summed E-state index contributed by atoms with van der Waals surface area (Å²) in [4.78, 5) is 8.93. The van der Waals surface area contributed by atoms with Crippen molar-refractivity contribution in [3.8, 4) is 0 Å². The van der Waals surface area contributed by atoms with Crippen molar-refractivity contribution in [3.05, 3.63) is 29.6 Å². The zero-order chi connectivity index (χ0) is 13.0. The summed E-state index contributed by atoms with van der Waals surface area (Å²) in [6.45, 7) is 7.24. The van der Waals surface area contributed by atoms with E-state index in [4.69, 9.17) is 0 Å². The van der Waals surface area contributed by atoms with Crippen LogP contribution in [0.25, 0.3) is 0 Å². The molecular formula is C14H21N3S. The molecule has 0 saturated carbocycles. The van der Waals surface area contributed by atoms with Crippen LogP contribution in [0.1, 0.15) is 31.5 Å². The van der Waals surface area contributed by atoms with Gasteiger partial charge in [0.1, 0.15) is 0 Å². The van der Waals surface area contributed by atoms with Gasteiger partial charge in [0.25, 0.3) is 0 Å². The summed E-state index contributed by atoms with van der Waals surface area (Å²) in [7, 11) is 0. The van der Waals surface area contributed by atoms with E-state index in [-0.39, 0.29) is 0 Å². The second-order valence-corrected chi connectivity index (χ2v) is 6.14. The number of thioether (sulfide) groups is 1. The monoisotopic (exact) mass is 263 g/mol. The lowest BCUT2D eigenvalue weighted by atomic mass is 10.0. The molecule has 0 aromatic carbocycles.